The van der Waals surface area contributed by atoms with Gasteiger partial charge in [0.1, 0.15) is 0 Å². The van der Waals surface area contributed by atoms with E-state index in [1.54, 1.807) is 6.92 Å². The molecule has 1 N–H and O–H groups in total. The van der Waals surface area contributed by atoms with Crippen LogP contribution in [0.3, 0.4) is 0 Å². The predicted octanol–water partition coefficient (Wildman–Crippen LogP) is 0.244. The van der Waals surface area contributed by atoms with Crippen LogP contribution in [-0.2, 0) is 19.9 Å². The summed E-state index contributed by atoms with van der Waals surface area (Å²) in [6, 6.07) is 5.68. The molecule has 0 aliphatic carbocycles. The summed E-state index contributed by atoms with van der Waals surface area (Å²) < 4.78 is 48.5. The van der Waals surface area contributed by atoms with E-state index >= 15 is 0 Å². The number of benzene rings is 1. The van der Waals surface area contributed by atoms with Gasteiger partial charge in [0.25, 0.3) is 5.91 Å². The van der Waals surface area contributed by atoms with Crippen molar-refractivity contribution in [2.24, 2.45) is 0 Å². The zero-order valence-corrected chi connectivity index (χ0v) is 14.9. The molecule has 1 fully saturated rings. The van der Waals surface area contributed by atoms with Crippen LogP contribution in [-0.4, -0.2) is 58.2 Å². The lowest BCUT2D eigenvalue weighted by atomic mass is 10.0. The fourth-order valence-electron chi connectivity index (χ4n) is 2.46. The lowest BCUT2D eigenvalue weighted by molar-refractivity contribution is 0.0915. The van der Waals surface area contributed by atoms with Gasteiger partial charge in [0.05, 0.1) is 21.9 Å². The second-order valence-electron chi connectivity index (χ2n) is 6.17. The van der Waals surface area contributed by atoms with Gasteiger partial charge in [-0.25, -0.2) is 21.1 Å². The number of hydrogen-bond acceptors (Lipinski definition) is 5. The molecule has 1 aromatic carbocycles. The normalized spacial score (nSPS) is 23.8. The smallest absolute Gasteiger partial charge is 0.251 e. The Morgan fingerprint density at radius 2 is 1.96 bits per heavy atom. The molecule has 9 heteroatoms. The molecule has 2 rings (SSSR count). The maximum atomic E-state index is 12.4. The zero-order valence-electron chi connectivity index (χ0n) is 13.2. The Morgan fingerprint density at radius 1 is 1.30 bits per heavy atom. The summed E-state index contributed by atoms with van der Waals surface area (Å²) in [7, 11) is -3.96. The van der Waals surface area contributed by atoms with Crippen LogP contribution in [0.2, 0.25) is 0 Å². The van der Waals surface area contributed by atoms with Crippen molar-refractivity contribution in [3.8, 4) is 0 Å². The number of nitrogens with zero attached hydrogens (tertiary/aromatic N) is 1. The maximum Gasteiger partial charge on any atom is 0.251 e. The third-order valence-corrected chi connectivity index (χ3v) is 7.51. The fraction of sp³-hybridized carbons (Fsp3) is 0.500. The van der Waals surface area contributed by atoms with Gasteiger partial charge in [0.2, 0.25) is 10.0 Å². The number of carbonyl (C=O) groups is 1. The first-order valence-electron chi connectivity index (χ1n) is 7.01. The summed E-state index contributed by atoms with van der Waals surface area (Å²) in [5.74, 6) is -0.555. The van der Waals surface area contributed by atoms with E-state index in [9.17, 15) is 21.6 Å². The summed E-state index contributed by atoms with van der Waals surface area (Å²) >= 11 is 0. The van der Waals surface area contributed by atoms with Crippen molar-refractivity contribution >= 4 is 25.8 Å². The minimum absolute atomic E-state index is 0.0133. The van der Waals surface area contributed by atoms with Gasteiger partial charge in [0, 0.05) is 19.7 Å². The average Bonchev–Trinajstić information content (AvgIpc) is 2.72. The van der Waals surface area contributed by atoms with Gasteiger partial charge in [-0.05, 0) is 31.5 Å². The van der Waals surface area contributed by atoms with Crippen molar-refractivity contribution in [3.63, 3.8) is 0 Å². The standard InChI is InChI=1S/C14H20N2O5S2/c1-14(7-8-22(18,19)10-14)15-13(17)11-5-4-6-12(9-11)23(20,21)16(2)3/h4-6,9H,7-8,10H2,1-3H3,(H,15,17)/t14-/m1/s1. The Morgan fingerprint density at radius 3 is 2.48 bits per heavy atom. The van der Waals surface area contributed by atoms with Gasteiger partial charge in [-0.2, -0.15) is 0 Å². The second-order valence-corrected chi connectivity index (χ2v) is 10.5. The van der Waals surface area contributed by atoms with Crippen molar-refractivity contribution in [1.82, 2.24) is 9.62 Å². The molecule has 1 aromatic rings. The van der Waals surface area contributed by atoms with E-state index in [1.807, 2.05) is 0 Å². The first kappa shape index (κ1) is 17.9. The molecule has 0 radical (unpaired) electrons. The molecule has 1 heterocycles. The van der Waals surface area contributed by atoms with Crippen LogP contribution in [0.25, 0.3) is 0 Å². The lowest BCUT2D eigenvalue weighted by Gasteiger charge is -2.24. The quantitative estimate of drug-likeness (QED) is 0.829. The molecular weight excluding hydrogens is 340 g/mol. The lowest BCUT2D eigenvalue weighted by Crippen LogP contribution is -2.46. The SMILES string of the molecule is CN(C)S(=O)(=O)c1cccc(C(=O)N[C@]2(C)CCS(=O)(=O)C2)c1. The average molecular weight is 360 g/mol. The van der Waals surface area contributed by atoms with Gasteiger partial charge < -0.3 is 5.32 Å². The fourth-order valence-corrected chi connectivity index (χ4v) is 5.51. The molecule has 1 atom stereocenters. The Labute approximate surface area is 136 Å². The van der Waals surface area contributed by atoms with Crippen molar-refractivity contribution in [1.29, 1.82) is 0 Å². The Hall–Kier alpha value is -1.45. The summed E-state index contributed by atoms with van der Waals surface area (Å²) in [5, 5.41) is 2.71. The Bertz CT molecular complexity index is 830. The number of carbonyl (C=O) groups excluding carboxylic acids is 1. The van der Waals surface area contributed by atoms with Crippen LogP contribution in [0.4, 0.5) is 0 Å². The summed E-state index contributed by atoms with van der Waals surface area (Å²) in [6.45, 7) is 1.68. The van der Waals surface area contributed by atoms with E-state index < -0.39 is 31.3 Å². The van der Waals surface area contributed by atoms with Crippen molar-refractivity contribution in [2.75, 3.05) is 25.6 Å². The maximum absolute atomic E-state index is 12.4. The Balaban J connectivity index is 2.25. The van der Waals surface area contributed by atoms with E-state index in [0.29, 0.717) is 6.42 Å². The first-order valence-corrected chi connectivity index (χ1v) is 10.3. The number of sulfone groups is 1. The van der Waals surface area contributed by atoms with Gasteiger partial charge in [-0.1, -0.05) is 6.07 Å². The van der Waals surface area contributed by atoms with E-state index in [2.05, 4.69) is 5.32 Å². The minimum atomic E-state index is -3.64. The predicted molar refractivity (Wildman–Crippen MR) is 86.5 cm³/mol. The topological polar surface area (TPSA) is 101 Å². The highest BCUT2D eigenvalue weighted by molar-refractivity contribution is 7.91. The Kier molecular flexibility index (Phi) is 4.57. The number of sulfonamides is 1. The van der Waals surface area contributed by atoms with Crippen LogP contribution in [0, 0.1) is 0 Å². The van der Waals surface area contributed by atoms with Crippen LogP contribution >= 0.6 is 0 Å². The molecule has 0 spiro atoms. The second kappa shape index (κ2) is 5.88. The molecule has 1 amide bonds. The van der Waals surface area contributed by atoms with Crippen LogP contribution in [0.1, 0.15) is 23.7 Å². The van der Waals surface area contributed by atoms with Crippen molar-refractivity contribution in [3.05, 3.63) is 29.8 Å². The molecule has 1 aliphatic heterocycles. The molecule has 1 saturated heterocycles. The van der Waals surface area contributed by atoms with Gasteiger partial charge in [-0.15, -0.1) is 0 Å². The highest BCUT2D eigenvalue weighted by Crippen LogP contribution is 2.23. The molecule has 128 valence electrons. The van der Waals surface area contributed by atoms with E-state index in [0.717, 1.165) is 4.31 Å². The van der Waals surface area contributed by atoms with E-state index in [-0.39, 0.29) is 22.0 Å². The summed E-state index contributed by atoms with van der Waals surface area (Å²) in [5.41, 5.74) is -0.648. The number of hydrogen-bond donors (Lipinski definition) is 1. The van der Waals surface area contributed by atoms with Crippen molar-refractivity contribution < 1.29 is 21.6 Å². The molecule has 0 bridgehead atoms. The number of amides is 1. The highest BCUT2D eigenvalue weighted by atomic mass is 32.2. The van der Waals surface area contributed by atoms with Gasteiger partial charge >= 0.3 is 0 Å². The van der Waals surface area contributed by atoms with Crippen LogP contribution in [0.5, 0.6) is 0 Å². The summed E-state index contributed by atoms with van der Waals surface area (Å²) in [6.07, 6.45) is 0.344. The van der Waals surface area contributed by atoms with E-state index in [4.69, 9.17) is 0 Å². The monoisotopic (exact) mass is 360 g/mol. The molecule has 0 unspecified atom stereocenters. The van der Waals surface area contributed by atoms with Gasteiger partial charge in [0.15, 0.2) is 9.84 Å². The van der Waals surface area contributed by atoms with Crippen LogP contribution in [0.15, 0.2) is 29.2 Å². The van der Waals surface area contributed by atoms with Crippen LogP contribution < -0.4 is 5.32 Å². The molecule has 7 nitrogen and oxygen atoms in total. The number of nitrogens with one attached hydrogen (secondary N) is 1. The van der Waals surface area contributed by atoms with Gasteiger partial charge in [-0.3, -0.25) is 4.79 Å². The highest BCUT2D eigenvalue weighted by Gasteiger charge is 2.39. The molecule has 0 saturated carbocycles. The third kappa shape index (κ3) is 3.91. The molecule has 0 aromatic heterocycles. The summed E-state index contributed by atoms with van der Waals surface area (Å²) in [4.78, 5) is 12.4. The largest absolute Gasteiger partial charge is 0.346 e. The first-order chi connectivity index (χ1) is 10.5. The molecular formula is C14H20N2O5S2. The third-order valence-electron chi connectivity index (χ3n) is 3.79. The molecule has 1 aliphatic rings. The van der Waals surface area contributed by atoms with E-state index in [1.165, 1.54) is 38.4 Å². The molecule has 23 heavy (non-hydrogen) atoms. The zero-order chi connectivity index (χ0) is 17.5. The number of rotatable bonds is 4. The minimum Gasteiger partial charge on any atom is -0.346 e. The van der Waals surface area contributed by atoms with Crippen molar-refractivity contribution in [2.45, 2.75) is 23.8 Å².